The molecule has 31 heavy (non-hydrogen) atoms. The molecule has 0 fully saturated rings. The molecule has 5 rings (SSSR count). The second-order valence-corrected chi connectivity index (χ2v) is 8.50. The summed E-state index contributed by atoms with van der Waals surface area (Å²) in [5.74, 6) is 0.231. The number of fused-ring (bicyclic) bond motifs is 2. The SMILES string of the molecule is CPc1ccc2ccccc2c1-c1c(N=Cc2ccccc2O)ccc2ccccc12. The van der Waals surface area contributed by atoms with Crippen LogP contribution in [0.3, 0.4) is 0 Å². The van der Waals surface area contributed by atoms with Crippen LogP contribution in [0.1, 0.15) is 5.56 Å². The molecule has 5 aromatic carbocycles. The molecular weight excluding hydrogens is 397 g/mol. The van der Waals surface area contributed by atoms with Crippen molar-refractivity contribution in [3.63, 3.8) is 0 Å². The number of rotatable bonds is 4. The van der Waals surface area contributed by atoms with Gasteiger partial charge >= 0.3 is 0 Å². The van der Waals surface area contributed by atoms with Crippen LogP contribution < -0.4 is 5.30 Å². The quantitative estimate of drug-likeness (QED) is 0.246. The number of hydrogen-bond donors (Lipinski definition) is 1. The zero-order valence-corrected chi connectivity index (χ0v) is 18.2. The van der Waals surface area contributed by atoms with Crippen LogP contribution in [0.5, 0.6) is 5.75 Å². The van der Waals surface area contributed by atoms with Crippen molar-refractivity contribution in [3.05, 3.63) is 103 Å². The molecule has 0 bridgehead atoms. The molecule has 1 N–H and O–H groups in total. The zero-order valence-electron chi connectivity index (χ0n) is 17.2. The zero-order chi connectivity index (χ0) is 21.2. The summed E-state index contributed by atoms with van der Waals surface area (Å²) in [6.45, 7) is 2.23. The predicted octanol–water partition coefficient (Wildman–Crippen LogP) is 7.05. The number of phenolic OH excluding ortho intramolecular Hbond substituents is 1. The summed E-state index contributed by atoms with van der Waals surface area (Å²) in [7, 11) is 0.666. The van der Waals surface area contributed by atoms with E-state index in [-0.39, 0.29) is 5.75 Å². The Kier molecular flexibility index (Phi) is 5.24. The maximum Gasteiger partial charge on any atom is 0.124 e. The summed E-state index contributed by atoms with van der Waals surface area (Å²) in [4.78, 5) is 4.86. The smallest absolute Gasteiger partial charge is 0.124 e. The largest absolute Gasteiger partial charge is 0.507 e. The van der Waals surface area contributed by atoms with Crippen molar-refractivity contribution in [3.8, 4) is 16.9 Å². The molecule has 0 aromatic heterocycles. The lowest BCUT2D eigenvalue weighted by molar-refractivity contribution is 0.474. The summed E-state index contributed by atoms with van der Waals surface area (Å²) >= 11 is 0. The fourth-order valence-corrected chi connectivity index (χ4v) is 4.88. The Hall–Kier alpha value is -3.48. The lowest BCUT2D eigenvalue weighted by Gasteiger charge is -2.17. The molecule has 1 unspecified atom stereocenters. The van der Waals surface area contributed by atoms with Crippen molar-refractivity contribution < 1.29 is 5.11 Å². The van der Waals surface area contributed by atoms with Crippen molar-refractivity contribution >= 4 is 47.3 Å². The summed E-state index contributed by atoms with van der Waals surface area (Å²) in [5, 5.41) is 16.4. The van der Waals surface area contributed by atoms with Crippen LogP contribution in [-0.4, -0.2) is 18.0 Å². The van der Waals surface area contributed by atoms with Gasteiger partial charge in [-0.15, -0.1) is 0 Å². The van der Waals surface area contributed by atoms with E-state index in [0.717, 1.165) is 11.3 Å². The lowest BCUT2D eigenvalue weighted by atomic mass is 9.92. The molecule has 0 spiro atoms. The van der Waals surface area contributed by atoms with Gasteiger partial charge in [0.1, 0.15) is 5.75 Å². The average Bonchev–Trinajstić information content (AvgIpc) is 2.82. The molecule has 0 aliphatic heterocycles. The van der Waals surface area contributed by atoms with E-state index in [1.54, 1.807) is 12.3 Å². The van der Waals surface area contributed by atoms with Crippen LogP contribution >= 0.6 is 8.58 Å². The lowest BCUT2D eigenvalue weighted by Crippen LogP contribution is -2.01. The number of para-hydroxylation sites is 1. The summed E-state index contributed by atoms with van der Waals surface area (Å²) in [6, 6.07) is 33.0. The van der Waals surface area contributed by atoms with Gasteiger partial charge in [-0.2, -0.15) is 0 Å². The number of nitrogens with zero attached hydrogens (tertiary/aromatic N) is 1. The van der Waals surface area contributed by atoms with E-state index in [2.05, 4.69) is 79.5 Å². The molecule has 0 aliphatic carbocycles. The third kappa shape index (κ3) is 3.60. The van der Waals surface area contributed by atoms with Crippen LogP contribution in [0.25, 0.3) is 32.7 Å². The second-order valence-electron chi connectivity index (χ2n) is 7.46. The van der Waals surface area contributed by atoms with Gasteiger partial charge in [0.15, 0.2) is 0 Å². The first-order valence-corrected chi connectivity index (χ1v) is 11.8. The fourth-order valence-electron chi connectivity index (χ4n) is 4.12. The van der Waals surface area contributed by atoms with Crippen molar-refractivity contribution in [2.24, 2.45) is 4.99 Å². The molecule has 0 saturated carbocycles. The highest BCUT2D eigenvalue weighted by Crippen LogP contribution is 2.41. The monoisotopic (exact) mass is 419 g/mol. The first kappa shape index (κ1) is 19.5. The highest BCUT2D eigenvalue weighted by atomic mass is 31.1. The first-order chi connectivity index (χ1) is 15.3. The van der Waals surface area contributed by atoms with Gasteiger partial charge in [-0.3, -0.25) is 4.99 Å². The highest BCUT2D eigenvalue weighted by molar-refractivity contribution is 7.46. The Morgan fingerprint density at radius 1 is 0.677 bits per heavy atom. The standard InChI is InChI=1S/C28H22NOP/c1-31-26-17-15-20-9-3-6-12-23(20)28(26)27-22-11-5-2-8-19(22)14-16-24(27)29-18-21-10-4-7-13-25(21)30/h2-18,30-31H,1H3. The van der Waals surface area contributed by atoms with Gasteiger partial charge in [-0.05, 0) is 57.3 Å². The van der Waals surface area contributed by atoms with Crippen molar-refractivity contribution in [2.45, 2.75) is 0 Å². The van der Waals surface area contributed by atoms with Crippen LogP contribution in [-0.2, 0) is 0 Å². The van der Waals surface area contributed by atoms with Crippen LogP contribution in [0, 0.1) is 0 Å². The fraction of sp³-hybridized carbons (Fsp3) is 0.0357. The van der Waals surface area contributed by atoms with E-state index in [1.807, 2.05) is 18.2 Å². The van der Waals surface area contributed by atoms with E-state index in [9.17, 15) is 5.11 Å². The maximum atomic E-state index is 10.2. The van der Waals surface area contributed by atoms with E-state index < -0.39 is 0 Å². The van der Waals surface area contributed by atoms with Gasteiger partial charge in [0.05, 0.1) is 5.69 Å². The van der Waals surface area contributed by atoms with Gasteiger partial charge in [-0.25, -0.2) is 0 Å². The van der Waals surface area contributed by atoms with Gasteiger partial charge < -0.3 is 5.11 Å². The number of aliphatic imine (C=N–C) groups is 1. The van der Waals surface area contributed by atoms with E-state index >= 15 is 0 Å². The molecule has 0 radical (unpaired) electrons. The van der Waals surface area contributed by atoms with E-state index in [0.29, 0.717) is 14.1 Å². The molecule has 0 heterocycles. The first-order valence-electron chi connectivity index (χ1n) is 10.3. The molecule has 2 nitrogen and oxygen atoms in total. The van der Waals surface area contributed by atoms with Crippen LogP contribution in [0.4, 0.5) is 5.69 Å². The minimum atomic E-state index is 0.231. The minimum absolute atomic E-state index is 0.231. The predicted molar refractivity (Wildman–Crippen MR) is 136 cm³/mol. The number of hydrogen-bond acceptors (Lipinski definition) is 2. The summed E-state index contributed by atoms with van der Waals surface area (Å²) in [6.07, 6.45) is 1.75. The highest BCUT2D eigenvalue weighted by Gasteiger charge is 2.16. The van der Waals surface area contributed by atoms with E-state index in [1.165, 1.54) is 32.4 Å². The van der Waals surface area contributed by atoms with Crippen LogP contribution in [0.2, 0.25) is 0 Å². The van der Waals surface area contributed by atoms with Gasteiger partial charge in [0.2, 0.25) is 0 Å². The van der Waals surface area contributed by atoms with Crippen molar-refractivity contribution in [1.29, 1.82) is 0 Å². The number of benzene rings is 5. The average molecular weight is 419 g/mol. The molecular formula is C28H22NOP. The second kappa shape index (κ2) is 8.34. The summed E-state index contributed by atoms with van der Waals surface area (Å²) < 4.78 is 0. The molecule has 0 saturated heterocycles. The normalized spacial score (nSPS) is 11.9. The number of phenols is 1. The number of aromatic hydroxyl groups is 1. The minimum Gasteiger partial charge on any atom is -0.507 e. The Labute approximate surface area is 183 Å². The van der Waals surface area contributed by atoms with Crippen LogP contribution in [0.15, 0.2) is 102 Å². The van der Waals surface area contributed by atoms with Gasteiger partial charge in [0, 0.05) is 17.3 Å². The summed E-state index contributed by atoms with van der Waals surface area (Å²) in [5.41, 5.74) is 4.00. The Bertz CT molecular complexity index is 1440. The Balaban J connectivity index is 1.84. The third-order valence-electron chi connectivity index (χ3n) is 5.63. The van der Waals surface area contributed by atoms with Gasteiger partial charge in [-0.1, -0.05) is 87.4 Å². The molecule has 0 amide bonds. The van der Waals surface area contributed by atoms with Crippen molar-refractivity contribution in [2.75, 3.05) is 6.66 Å². The third-order valence-corrected chi connectivity index (χ3v) is 6.59. The molecule has 3 heteroatoms. The maximum absolute atomic E-state index is 10.2. The Morgan fingerprint density at radius 3 is 2.00 bits per heavy atom. The van der Waals surface area contributed by atoms with Crippen molar-refractivity contribution in [1.82, 2.24) is 0 Å². The van der Waals surface area contributed by atoms with Gasteiger partial charge in [0.25, 0.3) is 0 Å². The van der Waals surface area contributed by atoms with E-state index in [4.69, 9.17) is 4.99 Å². The molecule has 0 aliphatic rings. The molecule has 1 atom stereocenters. The molecule has 5 aromatic rings. The Morgan fingerprint density at radius 2 is 1.29 bits per heavy atom. The molecule has 150 valence electrons. The topological polar surface area (TPSA) is 32.6 Å².